The Morgan fingerprint density at radius 3 is 3.07 bits per heavy atom. The number of hydrazone groups is 1. The number of phenols is 1. The lowest BCUT2D eigenvalue weighted by Gasteiger charge is -2.10. The van der Waals surface area contributed by atoms with E-state index in [1.165, 1.54) is 6.21 Å². The van der Waals surface area contributed by atoms with E-state index in [0.717, 1.165) is 47.3 Å². The summed E-state index contributed by atoms with van der Waals surface area (Å²) in [5, 5.41) is 21.3. The topological polar surface area (TPSA) is 96.4 Å². The molecule has 0 spiro atoms. The molecule has 1 aromatic carbocycles. The van der Waals surface area contributed by atoms with Crippen LogP contribution in [-0.4, -0.2) is 29.5 Å². The van der Waals surface area contributed by atoms with Crippen LogP contribution in [0.15, 0.2) is 42.7 Å². The Kier molecular flexibility index (Phi) is 6.19. The van der Waals surface area contributed by atoms with Gasteiger partial charge in [0.25, 0.3) is 5.91 Å². The molecule has 2 heterocycles. The van der Waals surface area contributed by atoms with Crippen LogP contribution in [0.5, 0.6) is 5.75 Å². The quantitative estimate of drug-likeness (QED) is 0.386. The Bertz CT molecular complexity index is 1140. The molecule has 0 aliphatic heterocycles. The van der Waals surface area contributed by atoms with Crippen LogP contribution in [0.2, 0.25) is 0 Å². The van der Waals surface area contributed by atoms with Crippen molar-refractivity contribution in [2.75, 3.05) is 6.61 Å². The Morgan fingerprint density at radius 1 is 1.43 bits per heavy atom. The molecule has 0 saturated heterocycles. The van der Waals surface area contributed by atoms with E-state index in [9.17, 15) is 9.90 Å². The van der Waals surface area contributed by atoms with E-state index in [1.54, 1.807) is 17.4 Å². The molecule has 156 valence electrons. The summed E-state index contributed by atoms with van der Waals surface area (Å²) in [6, 6.07) is 5.61. The fraction of sp³-hybridized carbons (Fsp3) is 0.286. The molecule has 1 amide bonds. The van der Waals surface area contributed by atoms with E-state index in [-0.39, 0.29) is 12.4 Å². The Morgan fingerprint density at radius 2 is 2.27 bits per heavy atom. The zero-order valence-electron chi connectivity index (χ0n) is 16.3. The molecule has 2 N–H and O–H groups in total. The molecule has 3 aromatic rings. The normalized spacial score (nSPS) is 14.3. The molecule has 0 bridgehead atoms. The van der Waals surface area contributed by atoms with Crippen molar-refractivity contribution in [1.82, 2.24) is 5.43 Å². The molecule has 0 fully saturated rings. The molecule has 0 unspecified atom stereocenters. The number of carbonyl (C=O) groups excluding carboxylic acids is 1. The van der Waals surface area contributed by atoms with Crippen molar-refractivity contribution in [3.05, 3.63) is 49.8 Å². The highest BCUT2D eigenvalue weighted by Gasteiger charge is 2.22. The van der Waals surface area contributed by atoms with Gasteiger partial charge in [-0.3, -0.25) is 4.79 Å². The van der Waals surface area contributed by atoms with Crippen LogP contribution in [-0.2, 0) is 22.5 Å². The zero-order chi connectivity index (χ0) is 21.1. The largest absolute Gasteiger partial charge is 0.506 e. The number of carbonyl (C=O) groups is 1. The van der Waals surface area contributed by atoms with E-state index in [1.807, 2.05) is 24.4 Å². The lowest BCUT2D eigenvalue weighted by atomic mass is 9.94. The van der Waals surface area contributed by atoms with Crippen molar-refractivity contribution in [3.63, 3.8) is 0 Å². The van der Waals surface area contributed by atoms with Crippen LogP contribution in [0.3, 0.4) is 0 Å². The number of furan rings is 1. The number of oxime groups is 1. The van der Waals surface area contributed by atoms with Crippen LogP contribution in [0, 0.1) is 0 Å². The number of hydrogen-bond acceptors (Lipinski definition) is 7. The van der Waals surface area contributed by atoms with Gasteiger partial charge in [0, 0.05) is 22.9 Å². The lowest BCUT2D eigenvalue weighted by molar-refractivity contribution is -0.125. The summed E-state index contributed by atoms with van der Waals surface area (Å²) in [5.41, 5.74) is 5.42. The van der Waals surface area contributed by atoms with Gasteiger partial charge < -0.3 is 14.4 Å². The number of nitrogens with zero attached hydrogens (tertiary/aromatic N) is 2. The Hall–Kier alpha value is -2.65. The van der Waals surface area contributed by atoms with Gasteiger partial charge in [0.05, 0.1) is 21.3 Å². The van der Waals surface area contributed by atoms with Crippen LogP contribution < -0.4 is 5.43 Å². The summed E-state index contributed by atoms with van der Waals surface area (Å²) >= 11 is 4.90. The predicted octanol–water partition coefficient (Wildman–Crippen LogP) is 4.73. The highest BCUT2D eigenvalue weighted by atomic mass is 79.9. The monoisotopic (exact) mass is 489 g/mol. The lowest BCUT2D eigenvalue weighted by Crippen LogP contribution is -2.22. The molecule has 1 aliphatic rings. The summed E-state index contributed by atoms with van der Waals surface area (Å²) in [7, 11) is 0. The first kappa shape index (κ1) is 20.6. The van der Waals surface area contributed by atoms with Gasteiger partial charge in [-0.15, -0.1) is 11.3 Å². The highest BCUT2D eigenvalue weighted by molar-refractivity contribution is 9.10. The predicted molar refractivity (Wildman–Crippen MR) is 120 cm³/mol. The SMILES string of the molecule is CC(=NOCC(=O)NN=Cc1c(O)c(Br)cc2oc3c(c12)CCCC3)c1cccs1. The van der Waals surface area contributed by atoms with E-state index in [0.29, 0.717) is 21.3 Å². The van der Waals surface area contributed by atoms with Gasteiger partial charge in [0.2, 0.25) is 0 Å². The van der Waals surface area contributed by atoms with Gasteiger partial charge in [-0.2, -0.15) is 5.10 Å². The second-order valence-electron chi connectivity index (χ2n) is 6.93. The number of aryl methyl sites for hydroxylation is 2. The number of hydrogen-bond donors (Lipinski definition) is 2. The summed E-state index contributed by atoms with van der Waals surface area (Å²) in [5.74, 6) is 0.566. The first-order valence-electron chi connectivity index (χ1n) is 9.52. The number of phenolic OH excluding ortho intramolecular Hbond substituents is 1. The third kappa shape index (κ3) is 4.27. The molecule has 9 heteroatoms. The van der Waals surface area contributed by atoms with Crippen LogP contribution >= 0.6 is 27.3 Å². The zero-order valence-corrected chi connectivity index (χ0v) is 18.7. The molecule has 0 radical (unpaired) electrons. The van der Waals surface area contributed by atoms with Crippen LogP contribution in [0.25, 0.3) is 11.0 Å². The molecule has 0 atom stereocenters. The number of aromatic hydroxyl groups is 1. The molecule has 4 rings (SSSR count). The fourth-order valence-corrected chi connectivity index (χ4v) is 4.55. The van der Waals surface area contributed by atoms with Crippen LogP contribution in [0.1, 0.15) is 41.5 Å². The number of nitrogens with one attached hydrogen (secondary N) is 1. The summed E-state index contributed by atoms with van der Waals surface area (Å²) in [6.07, 6.45) is 5.39. The van der Waals surface area contributed by atoms with Gasteiger partial charge in [-0.25, -0.2) is 5.43 Å². The molecular formula is C21H20BrN3O4S. The number of amides is 1. The molecule has 1 aliphatic carbocycles. The van der Waals surface area contributed by atoms with Gasteiger partial charge in [-0.1, -0.05) is 11.2 Å². The van der Waals surface area contributed by atoms with Gasteiger partial charge >= 0.3 is 0 Å². The molecule has 0 saturated carbocycles. The van der Waals surface area contributed by atoms with Crippen molar-refractivity contribution in [2.24, 2.45) is 10.3 Å². The summed E-state index contributed by atoms with van der Waals surface area (Å²) in [4.78, 5) is 18.1. The standard InChI is InChI=1S/C21H20BrN3O4S/c1-12(18-7-4-8-30-18)25-28-11-19(26)24-23-10-14-20-13-5-2-3-6-16(13)29-17(20)9-15(22)21(14)27/h4,7-10,27H,2-3,5-6,11H2,1H3,(H,24,26). The number of rotatable bonds is 6. The first-order chi connectivity index (χ1) is 14.5. The number of thiophene rings is 1. The molecule has 30 heavy (non-hydrogen) atoms. The third-order valence-electron chi connectivity index (χ3n) is 4.86. The van der Waals surface area contributed by atoms with Crippen molar-refractivity contribution in [3.8, 4) is 5.75 Å². The summed E-state index contributed by atoms with van der Waals surface area (Å²) < 4.78 is 6.49. The van der Waals surface area contributed by atoms with Crippen molar-refractivity contribution >= 4 is 56.1 Å². The van der Waals surface area contributed by atoms with Crippen molar-refractivity contribution in [1.29, 1.82) is 0 Å². The fourth-order valence-electron chi connectivity index (χ4n) is 3.46. The van der Waals surface area contributed by atoms with E-state index >= 15 is 0 Å². The van der Waals surface area contributed by atoms with Gasteiger partial charge in [0.15, 0.2) is 6.61 Å². The second kappa shape index (κ2) is 9.01. The van der Waals surface area contributed by atoms with Crippen LogP contribution in [0.4, 0.5) is 0 Å². The maximum absolute atomic E-state index is 12.0. The average Bonchev–Trinajstić information content (AvgIpc) is 3.38. The maximum atomic E-state index is 12.0. The number of fused-ring (bicyclic) bond motifs is 3. The summed E-state index contributed by atoms with van der Waals surface area (Å²) in [6.45, 7) is 1.55. The molecular weight excluding hydrogens is 470 g/mol. The van der Waals surface area contributed by atoms with E-state index in [4.69, 9.17) is 9.25 Å². The first-order valence-corrected chi connectivity index (χ1v) is 11.2. The second-order valence-corrected chi connectivity index (χ2v) is 8.73. The molecule has 2 aromatic heterocycles. The average molecular weight is 490 g/mol. The number of halogens is 1. The Labute approximate surface area is 185 Å². The van der Waals surface area contributed by atoms with Gasteiger partial charge in [-0.05, 0) is 59.6 Å². The minimum atomic E-state index is -0.450. The number of benzene rings is 1. The minimum Gasteiger partial charge on any atom is -0.506 e. The Balaban J connectivity index is 1.46. The third-order valence-corrected chi connectivity index (χ3v) is 6.45. The smallest absolute Gasteiger partial charge is 0.280 e. The van der Waals surface area contributed by atoms with Crippen molar-refractivity contribution in [2.45, 2.75) is 32.6 Å². The minimum absolute atomic E-state index is 0.0575. The highest BCUT2D eigenvalue weighted by Crippen LogP contribution is 2.40. The van der Waals surface area contributed by atoms with Crippen molar-refractivity contribution < 1.29 is 19.2 Å². The van der Waals surface area contributed by atoms with E-state index < -0.39 is 5.91 Å². The van der Waals surface area contributed by atoms with Gasteiger partial charge in [0.1, 0.15) is 17.1 Å². The molecule has 7 nitrogen and oxygen atoms in total. The maximum Gasteiger partial charge on any atom is 0.280 e. The van der Waals surface area contributed by atoms with E-state index in [2.05, 4.69) is 31.6 Å².